The van der Waals surface area contributed by atoms with Gasteiger partial charge in [-0.05, 0) is 19.4 Å². The third kappa shape index (κ3) is 4.53. The minimum Gasteiger partial charge on any atom is -0.493 e. The summed E-state index contributed by atoms with van der Waals surface area (Å²) in [6, 6.07) is 2.68. The zero-order valence-electron chi connectivity index (χ0n) is 12.1. The highest BCUT2D eigenvalue weighted by molar-refractivity contribution is 6.31. The minimum atomic E-state index is -1.22. The van der Waals surface area contributed by atoms with Crippen LogP contribution in [0.2, 0.25) is 5.02 Å². The van der Waals surface area contributed by atoms with Gasteiger partial charge in [0.25, 0.3) is 5.91 Å². The third-order valence-corrected chi connectivity index (χ3v) is 2.90. The standard InChI is InChI=1S/C14H18ClNO5/c1-4-5-16-13(17)8(2)21-12-10(14(18)19)6-9(15)7-11(12)20-3/h6-8H,4-5H2,1-3H3,(H,16,17)(H,18,19). The van der Waals surface area contributed by atoms with Crippen molar-refractivity contribution in [2.75, 3.05) is 13.7 Å². The lowest BCUT2D eigenvalue weighted by atomic mass is 10.2. The molecular formula is C14H18ClNO5. The molecule has 21 heavy (non-hydrogen) atoms. The van der Waals surface area contributed by atoms with E-state index >= 15 is 0 Å². The Hall–Kier alpha value is -1.95. The highest BCUT2D eigenvalue weighted by atomic mass is 35.5. The number of carbonyl (C=O) groups is 2. The van der Waals surface area contributed by atoms with Gasteiger partial charge in [0.05, 0.1) is 7.11 Å². The zero-order valence-corrected chi connectivity index (χ0v) is 12.9. The molecule has 1 aromatic carbocycles. The van der Waals surface area contributed by atoms with Crippen molar-refractivity contribution in [2.24, 2.45) is 0 Å². The number of ether oxygens (including phenoxy) is 2. The number of amides is 1. The van der Waals surface area contributed by atoms with Crippen LogP contribution >= 0.6 is 11.6 Å². The van der Waals surface area contributed by atoms with Crippen LogP contribution in [0.15, 0.2) is 12.1 Å². The summed E-state index contributed by atoms with van der Waals surface area (Å²) in [5.41, 5.74) is -0.158. The second-order valence-corrected chi connectivity index (χ2v) is 4.78. The highest BCUT2D eigenvalue weighted by Gasteiger charge is 2.23. The van der Waals surface area contributed by atoms with Crippen molar-refractivity contribution in [3.05, 3.63) is 22.7 Å². The Labute approximate surface area is 128 Å². The Kier molecular flexibility index (Phi) is 6.30. The molecule has 0 bridgehead atoms. The van der Waals surface area contributed by atoms with E-state index in [9.17, 15) is 14.7 Å². The maximum absolute atomic E-state index is 11.8. The normalized spacial score (nSPS) is 11.6. The van der Waals surface area contributed by atoms with Crippen LogP contribution in [0.4, 0.5) is 0 Å². The van der Waals surface area contributed by atoms with Crippen molar-refractivity contribution >= 4 is 23.5 Å². The molecule has 0 fully saturated rings. The zero-order chi connectivity index (χ0) is 16.0. The average Bonchev–Trinajstić information content (AvgIpc) is 2.45. The Bertz CT molecular complexity index is 532. The van der Waals surface area contributed by atoms with E-state index in [-0.39, 0.29) is 28.0 Å². The van der Waals surface area contributed by atoms with E-state index in [1.807, 2.05) is 6.92 Å². The SMILES string of the molecule is CCCNC(=O)C(C)Oc1c(OC)cc(Cl)cc1C(=O)O. The molecular weight excluding hydrogens is 298 g/mol. The van der Waals surface area contributed by atoms with Gasteiger partial charge in [-0.2, -0.15) is 0 Å². The topological polar surface area (TPSA) is 84.9 Å². The second kappa shape index (κ2) is 7.73. The first-order chi connectivity index (χ1) is 9.90. The predicted octanol–water partition coefficient (Wildman–Crippen LogP) is 2.34. The van der Waals surface area contributed by atoms with Crippen LogP contribution in [-0.2, 0) is 4.79 Å². The molecule has 1 atom stereocenters. The van der Waals surface area contributed by atoms with Crippen LogP contribution in [-0.4, -0.2) is 36.7 Å². The Balaban J connectivity index is 3.05. The second-order valence-electron chi connectivity index (χ2n) is 4.34. The summed E-state index contributed by atoms with van der Waals surface area (Å²) >= 11 is 5.83. The number of rotatable bonds is 7. The number of methoxy groups -OCH3 is 1. The van der Waals surface area contributed by atoms with E-state index in [2.05, 4.69) is 5.32 Å². The lowest BCUT2D eigenvalue weighted by Crippen LogP contribution is -2.37. The van der Waals surface area contributed by atoms with E-state index in [1.54, 1.807) is 0 Å². The number of nitrogens with one attached hydrogen (secondary N) is 1. The first-order valence-corrected chi connectivity index (χ1v) is 6.83. The number of carboxylic acids is 1. The number of carbonyl (C=O) groups excluding carboxylic acids is 1. The number of benzene rings is 1. The van der Waals surface area contributed by atoms with Crippen LogP contribution in [0.25, 0.3) is 0 Å². The summed E-state index contributed by atoms with van der Waals surface area (Å²) in [6.45, 7) is 3.98. The first kappa shape index (κ1) is 17.1. The lowest BCUT2D eigenvalue weighted by Gasteiger charge is -2.18. The van der Waals surface area contributed by atoms with Gasteiger partial charge in [-0.25, -0.2) is 4.79 Å². The largest absolute Gasteiger partial charge is 0.493 e. The summed E-state index contributed by atoms with van der Waals surface area (Å²) < 4.78 is 10.5. The molecule has 0 spiro atoms. The fourth-order valence-electron chi connectivity index (χ4n) is 1.62. The molecule has 1 aromatic rings. The fraction of sp³-hybridized carbons (Fsp3) is 0.429. The van der Waals surface area contributed by atoms with E-state index in [0.29, 0.717) is 6.54 Å². The van der Waals surface area contributed by atoms with Crippen LogP contribution < -0.4 is 14.8 Å². The number of hydrogen-bond donors (Lipinski definition) is 2. The predicted molar refractivity (Wildman–Crippen MR) is 78.4 cm³/mol. The molecule has 0 saturated heterocycles. The van der Waals surface area contributed by atoms with Gasteiger partial charge in [0.15, 0.2) is 17.6 Å². The molecule has 6 nitrogen and oxygen atoms in total. The van der Waals surface area contributed by atoms with E-state index in [0.717, 1.165) is 6.42 Å². The molecule has 0 aliphatic heterocycles. The molecule has 0 aliphatic rings. The Morgan fingerprint density at radius 2 is 2.10 bits per heavy atom. The quantitative estimate of drug-likeness (QED) is 0.806. The van der Waals surface area contributed by atoms with Gasteiger partial charge in [0.2, 0.25) is 0 Å². The Morgan fingerprint density at radius 1 is 1.43 bits per heavy atom. The summed E-state index contributed by atoms with van der Waals surface area (Å²) in [5.74, 6) is -1.40. The number of carboxylic acid groups (broad SMARTS) is 1. The van der Waals surface area contributed by atoms with Gasteiger partial charge >= 0.3 is 5.97 Å². The van der Waals surface area contributed by atoms with Crippen LogP contribution in [0, 0.1) is 0 Å². The molecule has 1 rings (SSSR count). The Morgan fingerprint density at radius 3 is 2.62 bits per heavy atom. The number of hydrogen-bond acceptors (Lipinski definition) is 4. The van der Waals surface area contributed by atoms with Gasteiger partial charge in [-0.3, -0.25) is 4.79 Å². The number of halogens is 1. The molecule has 0 aliphatic carbocycles. The van der Waals surface area contributed by atoms with Crippen molar-refractivity contribution in [3.8, 4) is 11.5 Å². The highest BCUT2D eigenvalue weighted by Crippen LogP contribution is 2.35. The van der Waals surface area contributed by atoms with E-state index in [1.165, 1.54) is 26.2 Å². The molecule has 1 unspecified atom stereocenters. The van der Waals surface area contributed by atoms with Crippen molar-refractivity contribution in [3.63, 3.8) is 0 Å². The molecule has 0 saturated carbocycles. The number of aromatic carboxylic acids is 1. The van der Waals surface area contributed by atoms with Crippen molar-refractivity contribution in [2.45, 2.75) is 26.4 Å². The molecule has 116 valence electrons. The maximum Gasteiger partial charge on any atom is 0.339 e. The summed E-state index contributed by atoms with van der Waals surface area (Å²) in [6.07, 6.45) is -0.0620. The fourth-order valence-corrected chi connectivity index (χ4v) is 1.83. The monoisotopic (exact) mass is 315 g/mol. The van der Waals surface area contributed by atoms with Crippen LogP contribution in [0.1, 0.15) is 30.6 Å². The van der Waals surface area contributed by atoms with E-state index in [4.69, 9.17) is 21.1 Å². The molecule has 0 aromatic heterocycles. The lowest BCUT2D eigenvalue weighted by molar-refractivity contribution is -0.127. The third-order valence-electron chi connectivity index (χ3n) is 2.68. The summed E-state index contributed by atoms with van der Waals surface area (Å²) in [5, 5.41) is 12.1. The van der Waals surface area contributed by atoms with E-state index < -0.39 is 12.1 Å². The smallest absolute Gasteiger partial charge is 0.339 e. The average molecular weight is 316 g/mol. The van der Waals surface area contributed by atoms with Gasteiger partial charge in [-0.1, -0.05) is 18.5 Å². The van der Waals surface area contributed by atoms with Crippen molar-refractivity contribution < 1.29 is 24.2 Å². The maximum atomic E-state index is 11.8. The molecule has 7 heteroatoms. The van der Waals surface area contributed by atoms with Crippen molar-refractivity contribution in [1.29, 1.82) is 0 Å². The van der Waals surface area contributed by atoms with Crippen LogP contribution in [0.3, 0.4) is 0 Å². The summed E-state index contributed by atoms with van der Waals surface area (Å²) in [7, 11) is 1.37. The van der Waals surface area contributed by atoms with Gasteiger partial charge in [0.1, 0.15) is 5.56 Å². The summed E-state index contributed by atoms with van der Waals surface area (Å²) in [4.78, 5) is 23.1. The molecule has 0 radical (unpaired) electrons. The van der Waals surface area contributed by atoms with Gasteiger partial charge in [0, 0.05) is 17.6 Å². The van der Waals surface area contributed by atoms with Gasteiger partial charge in [-0.15, -0.1) is 0 Å². The minimum absolute atomic E-state index is 0.0199. The molecule has 0 heterocycles. The molecule has 1 amide bonds. The first-order valence-electron chi connectivity index (χ1n) is 6.45. The van der Waals surface area contributed by atoms with Crippen LogP contribution in [0.5, 0.6) is 11.5 Å². The van der Waals surface area contributed by atoms with Gasteiger partial charge < -0.3 is 19.9 Å². The van der Waals surface area contributed by atoms with Crippen molar-refractivity contribution in [1.82, 2.24) is 5.32 Å². The molecule has 2 N–H and O–H groups in total.